The van der Waals surface area contributed by atoms with E-state index in [9.17, 15) is 14.7 Å². The van der Waals surface area contributed by atoms with Crippen molar-refractivity contribution in [3.8, 4) is 0 Å². The molecular formula is C11H11ClN2O3S. The fourth-order valence-electron chi connectivity index (χ4n) is 1.69. The number of rotatable bonds is 3. The van der Waals surface area contributed by atoms with Crippen LogP contribution in [0, 0.1) is 0 Å². The number of nitrogens with one attached hydrogen (secondary N) is 1. The van der Waals surface area contributed by atoms with Gasteiger partial charge in [0.05, 0.1) is 5.56 Å². The lowest BCUT2D eigenvalue weighted by molar-refractivity contribution is -0.143. The van der Waals surface area contributed by atoms with E-state index in [1.54, 1.807) is 0 Å². The zero-order valence-corrected chi connectivity index (χ0v) is 10.9. The van der Waals surface area contributed by atoms with E-state index in [1.807, 2.05) is 0 Å². The third-order valence-electron chi connectivity index (χ3n) is 2.77. The third kappa shape index (κ3) is 2.59. The Hall–Kier alpha value is -1.27. The number of carbonyl (C=O) groups excluding carboxylic acids is 1. The molecule has 1 aromatic heterocycles. The lowest BCUT2D eigenvalue weighted by Gasteiger charge is -2.24. The fourth-order valence-corrected chi connectivity index (χ4v) is 3.12. The number of hydrogen-bond acceptors (Lipinski definition) is 4. The minimum Gasteiger partial charge on any atom is -0.479 e. The number of amides is 1. The van der Waals surface area contributed by atoms with Gasteiger partial charge in [0.2, 0.25) is 0 Å². The summed E-state index contributed by atoms with van der Waals surface area (Å²) in [5.41, 5.74) is -0.863. The molecule has 0 aromatic carbocycles. The van der Waals surface area contributed by atoms with E-state index in [0.717, 1.165) is 5.75 Å². The normalized spacial score (nSPS) is 22.7. The number of carboxylic acids is 1. The second-order valence-corrected chi connectivity index (χ2v) is 5.51. The molecule has 1 saturated heterocycles. The van der Waals surface area contributed by atoms with Crippen LogP contribution in [-0.2, 0) is 4.79 Å². The van der Waals surface area contributed by atoms with Gasteiger partial charge in [-0.25, -0.2) is 9.78 Å². The van der Waals surface area contributed by atoms with E-state index in [-0.39, 0.29) is 5.15 Å². The number of thioether (sulfide) groups is 1. The molecule has 1 aromatic rings. The summed E-state index contributed by atoms with van der Waals surface area (Å²) in [5.74, 6) is -0.326. The van der Waals surface area contributed by atoms with E-state index >= 15 is 0 Å². The zero-order valence-electron chi connectivity index (χ0n) is 9.35. The number of pyridine rings is 1. The van der Waals surface area contributed by atoms with Crippen molar-refractivity contribution >= 4 is 35.2 Å². The molecule has 18 heavy (non-hydrogen) atoms. The number of carbonyl (C=O) groups is 2. The van der Waals surface area contributed by atoms with Gasteiger partial charge in [-0.1, -0.05) is 11.6 Å². The van der Waals surface area contributed by atoms with Crippen LogP contribution < -0.4 is 5.32 Å². The summed E-state index contributed by atoms with van der Waals surface area (Å²) in [6.45, 7) is 0. The molecule has 1 unspecified atom stereocenters. The highest BCUT2D eigenvalue weighted by atomic mass is 35.5. The molecule has 1 aliphatic heterocycles. The van der Waals surface area contributed by atoms with Gasteiger partial charge in [-0.05, 0) is 24.3 Å². The lowest BCUT2D eigenvalue weighted by Crippen LogP contribution is -2.54. The molecule has 2 rings (SSSR count). The van der Waals surface area contributed by atoms with Gasteiger partial charge in [0, 0.05) is 11.9 Å². The summed E-state index contributed by atoms with van der Waals surface area (Å²) in [6.07, 6.45) is 1.76. The van der Waals surface area contributed by atoms with Crippen molar-refractivity contribution in [1.82, 2.24) is 10.3 Å². The van der Waals surface area contributed by atoms with Crippen molar-refractivity contribution < 1.29 is 14.7 Å². The van der Waals surface area contributed by atoms with Crippen LogP contribution in [0.3, 0.4) is 0 Å². The van der Waals surface area contributed by atoms with Crippen LogP contribution in [-0.4, -0.2) is 39.0 Å². The Kier molecular flexibility index (Phi) is 3.77. The molecule has 1 aliphatic rings. The molecule has 0 aliphatic carbocycles. The van der Waals surface area contributed by atoms with Gasteiger partial charge in [-0.3, -0.25) is 4.79 Å². The average molecular weight is 287 g/mol. The number of aliphatic carboxylic acids is 1. The maximum atomic E-state index is 12.0. The Morgan fingerprint density at radius 2 is 2.28 bits per heavy atom. The number of halogens is 1. The van der Waals surface area contributed by atoms with Gasteiger partial charge in [0.15, 0.2) is 0 Å². The van der Waals surface area contributed by atoms with Crippen molar-refractivity contribution in [2.45, 2.75) is 12.0 Å². The summed E-state index contributed by atoms with van der Waals surface area (Å²) >= 11 is 7.14. The van der Waals surface area contributed by atoms with Crippen LogP contribution in [0.2, 0.25) is 5.15 Å². The molecule has 96 valence electrons. The first-order valence-electron chi connectivity index (χ1n) is 5.29. The third-order valence-corrected chi connectivity index (χ3v) is 4.19. The van der Waals surface area contributed by atoms with Crippen molar-refractivity contribution in [2.24, 2.45) is 0 Å². The first-order valence-corrected chi connectivity index (χ1v) is 6.82. The molecule has 0 bridgehead atoms. The van der Waals surface area contributed by atoms with Gasteiger partial charge in [0.25, 0.3) is 5.91 Å². The highest BCUT2D eigenvalue weighted by Crippen LogP contribution is 2.28. The first kappa shape index (κ1) is 13.2. The van der Waals surface area contributed by atoms with Crippen LogP contribution in [0.5, 0.6) is 0 Å². The number of hydrogen-bond donors (Lipinski definition) is 2. The van der Waals surface area contributed by atoms with E-state index < -0.39 is 17.4 Å². The first-order chi connectivity index (χ1) is 8.53. The van der Waals surface area contributed by atoms with Crippen LogP contribution in [0.15, 0.2) is 18.3 Å². The van der Waals surface area contributed by atoms with Crippen molar-refractivity contribution in [3.05, 3.63) is 29.0 Å². The fraction of sp³-hybridized carbons (Fsp3) is 0.364. The molecule has 0 radical (unpaired) electrons. The quantitative estimate of drug-likeness (QED) is 0.822. The topological polar surface area (TPSA) is 79.3 Å². The highest BCUT2D eigenvalue weighted by molar-refractivity contribution is 7.99. The summed E-state index contributed by atoms with van der Waals surface area (Å²) in [7, 11) is 0. The van der Waals surface area contributed by atoms with E-state index in [1.165, 1.54) is 30.1 Å². The summed E-state index contributed by atoms with van der Waals surface area (Å²) in [5, 5.41) is 12.1. The van der Waals surface area contributed by atoms with Crippen LogP contribution in [0.1, 0.15) is 16.8 Å². The maximum absolute atomic E-state index is 12.0. The summed E-state index contributed by atoms with van der Waals surface area (Å²) in [6, 6.07) is 3.01. The molecular weight excluding hydrogens is 276 g/mol. The Labute approximate surface area is 113 Å². The van der Waals surface area contributed by atoms with Gasteiger partial charge >= 0.3 is 5.97 Å². The Balaban J connectivity index is 2.15. The minimum absolute atomic E-state index is 0.288. The molecule has 0 spiro atoms. The average Bonchev–Trinajstić information content (AvgIpc) is 2.79. The highest BCUT2D eigenvalue weighted by Gasteiger charge is 2.43. The smallest absolute Gasteiger partial charge is 0.330 e. The summed E-state index contributed by atoms with van der Waals surface area (Å²) in [4.78, 5) is 27.0. The van der Waals surface area contributed by atoms with Crippen molar-refractivity contribution in [1.29, 1.82) is 0 Å². The summed E-state index contributed by atoms with van der Waals surface area (Å²) < 4.78 is 0. The Morgan fingerprint density at radius 1 is 1.50 bits per heavy atom. The number of aromatic nitrogens is 1. The molecule has 1 atom stereocenters. The van der Waals surface area contributed by atoms with Crippen LogP contribution in [0.25, 0.3) is 0 Å². The molecule has 2 N–H and O–H groups in total. The monoisotopic (exact) mass is 286 g/mol. The largest absolute Gasteiger partial charge is 0.479 e. The number of carboxylic acid groups (broad SMARTS) is 1. The van der Waals surface area contributed by atoms with Crippen molar-refractivity contribution in [3.63, 3.8) is 0 Å². The van der Waals surface area contributed by atoms with Gasteiger partial charge in [-0.15, -0.1) is 0 Å². The lowest BCUT2D eigenvalue weighted by atomic mass is 9.99. The van der Waals surface area contributed by atoms with E-state index in [2.05, 4.69) is 10.3 Å². The minimum atomic E-state index is -1.17. The second-order valence-electron chi connectivity index (χ2n) is 4.01. The van der Waals surface area contributed by atoms with E-state index in [4.69, 9.17) is 11.6 Å². The second kappa shape index (κ2) is 5.16. The predicted octanol–water partition coefficient (Wildman–Crippen LogP) is 1.43. The molecule has 1 amide bonds. The van der Waals surface area contributed by atoms with Crippen LogP contribution >= 0.6 is 23.4 Å². The SMILES string of the molecule is O=C(NC1(C(=O)O)CCSC1)c1ccc(Cl)nc1. The molecule has 1 fully saturated rings. The van der Waals surface area contributed by atoms with E-state index in [0.29, 0.717) is 17.7 Å². The van der Waals surface area contributed by atoms with Gasteiger partial charge < -0.3 is 10.4 Å². The zero-order chi connectivity index (χ0) is 13.2. The standard InChI is InChI=1S/C11H11ClN2O3S/c12-8-2-1-7(5-13-8)9(15)14-11(10(16)17)3-4-18-6-11/h1-2,5H,3-4,6H2,(H,14,15)(H,16,17). The molecule has 2 heterocycles. The maximum Gasteiger partial charge on any atom is 0.330 e. The van der Waals surface area contributed by atoms with Gasteiger partial charge in [-0.2, -0.15) is 11.8 Å². The molecule has 7 heteroatoms. The number of nitrogens with zero attached hydrogens (tertiary/aromatic N) is 1. The molecule has 0 saturated carbocycles. The predicted molar refractivity (Wildman–Crippen MR) is 69.0 cm³/mol. The van der Waals surface area contributed by atoms with Crippen LogP contribution in [0.4, 0.5) is 0 Å². The van der Waals surface area contributed by atoms with Crippen molar-refractivity contribution in [2.75, 3.05) is 11.5 Å². The Bertz CT molecular complexity index is 472. The molecule has 5 nitrogen and oxygen atoms in total. The van der Waals surface area contributed by atoms with Gasteiger partial charge in [0.1, 0.15) is 10.7 Å². The Morgan fingerprint density at radius 3 is 2.78 bits per heavy atom.